The first-order valence-electron chi connectivity index (χ1n) is 10.7. The van der Waals surface area contributed by atoms with Crippen molar-refractivity contribution in [2.45, 2.75) is 25.5 Å². The summed E-state index contributed by atoms with van der Waals surface area (Å²) in [5, 5.41) is 2.84. The maximum absolute atomic E-state index is 13.1. The average Bonchev–Trinajstić information content (AvgIpc) is 2.80. The number of hydrogen-bond acceptors (Lipinski definition) is 4. The van der Waals surface area contributed by atoms with Crippen molar-refractivity contribution in [2.24, 2.45) is 0 Å². The highest BCUT2D eigenvalue weighted by molar-refractivity contribution is 5.86. The fourth-order valence-electron chi connectivity index (χ4n) is 4.34. The number of morpholine rings is 1. The van der Waals surface area contributed by atoms with Crippen LogP contribution in [0.5, 0.6) is 0 Å². The molecule has 1 fully saturated rings. The van der Waals surface area contributed by atoms with Crippen LogP contribution in [0.2, 0.25) is 0 Å². The molecule has 0 spiro atoms. The number of carbonyl (C=O) groups excluding carboxylic acids is 1. The van der Waals surface area contributed by atoms with Crippen LogP contribution in [0.1, 0.15) is 17.0 Å². The molecule has 1 aliphatic heterocycles. The first-order valence-corrected chi connectivity index (χ1v) is 10.7. The lowest BCUT2D eigenvalue weighted by molar-refractivity contribution is -0.160. The molecule has 1 atom stereocenters. The summed E-state index contributed by atoms with van der Waals surface area (Å²) < 4.78 is 6.23. The van der Waals surface area contributed by atoms with Gasteiger partial charge in [0, 0.05) is 38.8 Å². The molecule has 0 radical (unpaired) electrons. The third-order valence-corrected chi connectivity index (χ3v) is 5.82. The van der Waals surface area contributed by atoms with Crippen LogP contribution < -0.4 is 5.32 Å². The van der Waals surface area contributed by atoms with E-state index in [1.165, 1.54) is 0 Å². The third kappa shape index (κ3) is 4.84. The molecule has 160 valence electrons. The van der Waals surface area contributed by atoms with Crippen molar-refractivity contribution in [3.05, 3.63) is 89.7 Å². The van der Waals surface area contributed by atoms with Crippen LogP contribution in [-0.2, 0) is 22.5 Å². The van der Waals surface area contributed by atoms with E-state index in [2.05, 4.69) is 39.5 Å². The van der Waals surface area contributed by atoms with Gasteiger partial charge in [0.05, 0.1) is 12.3 Å². The standard InChI is InChI=1S/C26H29N3O2/c1-20-9-8-13-23(28-20)18-29-15-16-31-26(19-29,25(30)27-2)17-22-12-6-7-14-24(22)21-10-4-3-5-11-21/h3-14H,15-19H2,1-2H3,(H,27,30)/t26-/m0/s1. The van der Waals surface area contributed by atoms with Gasteiger partial charge >= 0.3 is 0 Å². The number of likely N-dealkylation sites (N-methyl/N-ethyl adjacent to an activating group) is 1. The SMILES string of the molecule is CNC(=O)[C@]1(Cc2ccccc2-c2ccccc2)CN(Cc2cccc(C)n2)CCO1. The summed E-state index contributed by atoms with van der Waals surface area (Å²) in [6.07, 6.45) is 0.509. The van der Waals surface area contributed by atoms with Crippen LogP contribution in [0.15, 0.2) is 72.8 Å². The van der Waals surface area contributed by atoms with E-state index in [1.54, 1.807) is 7.05 Å². The summed E-state index contributed by atoms with van der Waals surface area (Å²) in [6.45, 7) is 4.50. The number of aromatic nitrogens is 1. The Morgan fingerprint density at radius 1 is 1.06 bits per heavy atom. The quantitative estimate of drug-likeness (QED) is 0.668. The van der Waals surface area contributed by atoms with Crippen LogP contribution in [0.3, 0.4) is 0 Å². The van der Waals surface area contributed by atoms with Gasteiger partial charge < -0.3 is 10.1 Å². The van der Waals surface area contributed by atoms with Gasteiger partial charge in [-0.05, 0) is 35.7 Å². The molecule has 1 aromatic heterocycles. The van der Waals surface area contributed by atoms with Crippen LogP contribution in [0.25, 0.3) is 11.1 Å². The molecule has 5 heteroatoms. The summed E-state index contributed by atoms with van der Waals surface area (Å²) in [5.41, 5.74) is 4.45. The highest BCUT2D eigenvalue weighted by Crippen LogP contribution is 2.30. The minimum absolute atomic E-state index is 0.0859. The van der Waals surface area contributed by atoms with Gasteiger partial charge in [-0.2, -0.15) is 0 Å². The Morgan fingerprint density at radius 3 is 2.61 bits per heavy atom. The lowest BCUT2D eigenvalue weighted by atomic mass is 9.87. The number of ether oxygens (including phenoxy) is 1. The third-order valence-electron chi connectivity index (χ3n) is 5.82. The van der Waals surface area contributed by atoms with Crippen molar-refractivity contribution in [3.63, 3.8) is 0 Å². The molecule has 1 saturated heterocycles. The monoisotopic (exact) mass is 415 g/mol. The number of carbonyl (C=O) groups is 1. The molecule has 0 aliphatic carbocycles. The first-order chi connectivity index (χ1) is 15.1. The summed E-state index contributed by atoms with van der Waals surface area (Å²) in [7, 11) is 1.68. The number of pyridine rings is 1. The van der Waals surface area contributed by atoms with E-state index in [-0.39, 0.29) is 5.91 Å². The van der Waals surface area contributed by atoms with E-state index >= 15 is 0 Å². The van der Waals surface area contributed by atoms with E-state index in [0.717, 1.165) is 34.6 Å². The lowest BCUT2D eigenvalue weighted by Crippen LogP contribution is -2.60. The Bertz CT molecular complexity index is 1040. The van der Waals surface area contributed by atoms with Gasteiger partial charge in [-0.15, -0.1) is 0 Å². The molecule has 0 bridgehead atoms. The molecule has 1 amide bonds. The minimum Gasteiger partial charge on any atom is -0.362 e. The van der Waals surface area contributed by atoms with Crippen molar-refractivity contribution in [1.29, 1.82) is 0 Å². The number of nitrogens with zero attached hydrogens (tertiary/aromatic N) is 2. The van der Waals surface area contributed by atoms with Crippen LogP contribution >= 0.6 is 0 Å². The fraction of sp³-hybridized carbons (Fsp3) is 0.308. The maximum Gasteiger partial charge on any atom is 0.253 e. The Labute approximate surface area is 184 Å². The van der Waals surface area contributed by atoms with Gasteiger partial charge in [0.25, 0.3) is 5.91 Å². The topological polar surface area (TPSA) is 54.5 Å². The zero-order chi connectivity index (χ0) is 21.7. The number of nitrogens with one attached hydrogen (secondary N) is 1. The van der Waals surface area contributed by atoms with E-state index in [9.17, 15) is 4.79 Å². The summed E-state index contributed by atoms with van der Waals surface area (Å²) in [4.78, 5) is 20.0. The van der Waals surface area contributed by atoms with E-state index in [4.69, 9.17) is 4.74 Å². The van der Waals surface area contributed by atoms with Crippen LogP contribution in [-0.4, -0.2) is 48.1 Å². The van der Waals surface area contributed by atoms with Gasteiger partial charge in [0.2, 0.25) is 0 Å². The largest absolute Gasteiger partial charge is 0.362 e. The number of benzene rings is 2. The van der Waals surface area contributed by atoms with Crippen molar-refractivity contribution in [3.8, 4) is 11.1 Å². The van der Waals surface area contributed by atoms with Crippen molar-refractivity contribution in [1.82, 2.24) is 15.2 Å². The van der Waals surface area contributed by atoms with Gasteiger partial charge in [0.15, 0.2) is 5.60 Å². The number of hydrogen-bond donors (Lipinski definition) is 1. The van der Waals surface area contributed by atoms with Crippen molar-refractivity contribution in [2.75, 3.05) is 26.7 Å². The molecule has 2 heterocycles. The number of amides is 1. The highest BCUT2D eigenvalue weighted by atomic mass is 16.5. The Balaban J connectivity index is 1.63. The lowest BCUT2D eigenvalue weighted by Gasteiger charge is -2.41. The normalized spacial score (nSPS) is 19.2. The molecule has 4 rings (SSSR count). The smallest absolute Gasteiger partial charge is 0.253 e. The van der Waals surface area contributed by atoms with Crippen molar-refractivity contribution >= 4 is 5.91 Å². The molecule has 3 aromatic rings. The second-order valence-corrected chi connectivity index (χ2v) is 8.10. The molecular weight excluding hydrogens is 386 g/mol. The zero-order valence-electron chi connectivity index (χ0n) is 18.2. The van der Waals surface area contributed by atoms with E-state index in [1.807, 2.05) is 55.5 Å². The maximum atomic E-state index is 13.1. The predicted molar refractivity (Wildman–Crippen MR) is 123 cm³/mol. The molecule has 5 nitrogen and oxygen atoms in total. The number of aryl methyl sites for hydroxylation is 1. The van der Waals surface area contributed by atoms with E-state index < -0.39 is 5.60 Å². The molecule has 1 aliphatic rings. The molecule has 2 aromatic carbocycles. The summed E-state index contributed by atoms with van der Waals surface area (Å²) in [6, 6.07) is 24.6. The second kappa shape index (κ2) is 9.41. The van der Waals surface area contributed by atoms with Gasteiger partial charge in [-0.3, -0.25) is 14.7 Å². The number of rotatable bonds is 6. The summed E-state index contributed by atoms with van der Waals surface area (Å²) >= 11 is 0. The molecular formula is C26H29N3O2. The summed E-state index contributed by atoms with van der Waals surface area (Å²) in [5.74, 6) is -0.0859. The minimum atomic E-state index is -0.943. The molecule has 1 N–H and O–H groups in total. The first kappa shape index (κ1) is 21.2. The van der Waals surface area contributed by atoms with E-state index in [0.29, 0.717) is 26.1 Å². The van der Waals surface area contributed by atoms with Gasteiger partial charge in [-0.1, -0.05) is 60.7 Å². The fourth-order valence-corrected chi connectivity index (χ4v) is 4.34. The van der Waals surface area contributed by atoms with Crippen LogP contribution in [0.4, 0.5) is 0 Å². The molecule has 31 heavy (non-hydrogen) atoms. The highest BCUT2D eigenvalue weighted by Gasteiger charge is 2.43. The Kier molecular flexibility index (Phi) is 6.44. The second-order valence-electron chi connectivity index (χ2n) is 8.10. The Morgan fingerprint density at radius 2 is 1.84 bits per heavy atom. The zero-order valence-corrected chi connectivity index (χ0v) is 18.2. The average molecular weight is 416 g/mol. The Hall–Kier alpha value is -3.02. The van der Waals surface area contributed by atoms with Crippen LogP contribution in [0, 0.1) is 6.92 Å². The van der Waals surface area contributed by atoms with Crippen molar-refractivity contribution < 1.29 is 9.53 Å². The molecule has 0 unspecified atom stereocenters. The van der Waals surface area contributed by atoms with Gasteiger partial charge in [-0.25, -0.2) is 0 Å². The predicted octanol–water partition coefficient (Wildman–Crippen LogP) is 3.62. The molecule has 0 saturated carbocycles. The van der Waals surface area contributed by atoms with Gasteiger partial charge in [0.1, 0.15) is 0 Å².